The molecule has 15 heteroatoms. The summed E-state index contributed by atoms with van der Waals surface area (Å²) in [5.74, 6) is 10.8. The summed E-state index contributed by atoms with van der Waals surface area (Å²) in [6, 6.07) is 7.42. The molecule has 1 aromatic heterocycles. The van der Waals surface area contributed by atoms with Crippen LogP contribution < -0.4 is 5.73 Å². The van der Waals surface area contributed by atoms with Gasteiger partial charge in [0, 0.05) is 54.2 Å². The van der Waals surface area contributed by atoms with Crippen LogP contribution in [-0.2, 0) is 24.5 Å². The highest BCUT2D eigenvalue weighted by Gasteiger charge is 2.47. The van der Waals surface area contributed by atoms with Crippen molar-refractivity contribution in [2.45, 2.75) is 92.1 Å². The standard InChI is InChI=1S/C36H41N3O12/c37-27(42)7-8-28(43)39-11-9-36(10-12-39)21-13-18(2-5-23-30(44)34(48)32(46)25(16-40)50-23)1-4-20(21)29-22(36)14-19(15-38-29)3-6-24-31(45)35(49)33(47)26(17-41)51-24/h1,4,13-15,23-26,30-35,40-41,44-49H,7-12,16-17H2,(H2,37,42)/t23-,24-,25-,26-,30-,31-,32-,33-,34-,35-/m1/s1. The predicted octanol–water partition coefficient (Wildman–Crippen LogP) is -3.38. The van der Waals surface area contributed by atoms with Gasteiger partial charge in [0.1, 0.15) is 61.0 Å². The van der Waals surface area contributed by atoms with Gasteiger partial charge in [0.15, 0.2) is 0 Å². The van der Waals surface area contributed by atoms with E-state index < -0.39 is 85.6 Å². The van der Waals surface area contributed by atoms with Crippen molar-refractivity contribution in [1.29, 1.82) is 0 Å². The number of likely N-dealkylation sites (tertiary alicyclic amines) is 1. The maximum absolute atomic E-state index is 12.9. The molecule has 10 atom stereocenters. The van der Waals surface area contributed by atoms with Crippen molar-refractivity contribution >= 4 is 11.8 Å². The van der Waals surface area contributed by atoms with Crippen molar-refractivity contribution in [3.05, 3.63) is 52.7 Å². The third-order valence-corrected chi connectivity index (χ3v) is 10.3. The Hall–Kier alpha value is -3.97. The number of aromatic nitrogens is 1. The highest BCUT2D eigenvalue weighted by Crippen LogP contribution is 2.53. The van der Waals surface area contributed by atoms with Gasteiger partial charge in [0.05, 0.1) is 18.9 Å². The first-order chi connectivity index (χ1) is 24.4. The SMILES string of the molecule is NC(=O)CCC(=O)N1CCC2(CC1)c1cc(C#C[C@H]3O[C@H](CO)[C@@H](O)[C@H](O)[C@@H]3O)ccc1-c1ncc(C#C[C@H]3O[C@H](CO)[C@@H](O)[C@H](O)[C@@H]3O)cc12. The van der Waals surface area contributed by atoms with E-state index in [4.69, 9.17) is 20.2 Å². The Morgan fingerprint density at radius 3 is 1.88 bits per heavy atom. The number of nitrogens with two attached hydrogens (primary N) is 1. The highest BCUT2D eigenvalue weighted by atomic mass is 16.5. The zero-order valence-corrected chi connectivity index (χ0v) is 27.5. The van der Waals surface area contributed by atoms with Crippen LogP contribution in [0, 0.1) is 23.7 Å². The maximum atomic E-state index is 12.9. The molecule has 0 unspecified atom stereocenters. The van der Waals surface area contributed by atoms with Crippen LogP contribution >= 0.6 is 0 Å². The fraction of sp³-hybridized carbons (Fsp3) is 0.528. The van der Waals surface area contributed by atoms with Gasteiger partial charge in [-0.05, 0) is 42.2 Å². The van der Waals surface area contributed by atoms with Gasteiger partial charge in [-0.3, -0.25) is 14.6 Å². The van der Waals surface area contributed by atoms with Crippen molar-refractivity contribution in [2.75, 3.05) is 26.3 Å². The van der Waals surface area contributed by atoms with Crippen LogP contribution in [0.3, 0.4) is 0 Å². The number of carbonyl (C=O) groups excluding carboxylic acids is 2. The molecule has 0 bridgehead atoms. The first kappa shape index (κ1) is 36.8. The minimum Gasteiger partial charge on any atom is -0.394 e. The lowest BCUT2D eigenvalue weighted by Gasteiger charge is -2.41. The quantitative estimate of drug-likeness (QED) is 0.138. The molecule has 1 aromatic carbocycles. The summed E-state index contributed by atoms with van der Waals surface area (Å²) in [6.45, 7) is -0.413. The lowest BCUT2D eigenvalue weighted by atomic mass is 9.70. The van der Waals surface area contributed by atoms with Crippen LogP contribution in [0.2, 0.25) is 0 Å². The fourth-order valence-corrected chi connectivity index (χ4v) is 7.30. The van der Waals surface area contributed by atoms with E-state index in [0.29, 0.717) is 42.8 Å². The summed E-state index contributed by atoms with van der Waals surface area (Å²) >= 11 is 0. The predicted molar refractivity (Wildman–Crippen MR) is 176 cm³/mol. The van der Waals surface area contributed by atoms with E-state index in [0.717, 1.165) is 16.7 Å². The number of nitrogens with zero attached hydrogens (tertiary/aromatic N) is 2. The molecule has 6 rings (SSSR count). The summed E-state index contributed by atoms with van der Waals surface area (Å²) < 4.78 is 11.1. The Bertz CT molecular complexity index is 1660. The summed E-state index contributed by atoms with van der Waals surface area (Å²) in [6.07, 6.45) is -11.3. The number of carbonyl (C=O) groups is 2. The van der Waals surface area contributed by atoms with E-state index in [1.807, 2.05) is 18.2 Å². The molecule has 0 saturated carbocycles. The normalized spacial score (nSPS) is 32.2. The molecule has 3 aliphatic heterocycles. The number of primary amides is 1. The van der Waals surface area contributed by atoms with E-state index in [1.165, 1.54) is 0 Å². The third-order valence-electron chi connectivity index (χ3n) is 10.3. The summed E-state index contributed by atoms with van der Waals surface area (Å²) in [7, 11) is 0. The van der Waals surface area contributed by atoms with Crippen LogP contribution in [0.25, 0.3) is 11.3 Å². The molecule has 3 saturated heterocycles. The largest absolute Gasteiger partial charge is 0.394 e. The minimum atomic E-state index is -1.57. The second kappa shape index (κ2) is 14.9. The number of benzene rings is 1. The topological polar surface area (TPSA) is 257 Å². The van der Waals surface area contributed by atoms with Crippen molar-refractivity contribution in [3.8, 4) is 34.9 Å². The molecule has 0 radical (unpaired) electrons. The Morgan fingerprint density at radius 1 is 0.784 bits per heavy atom. The van der Waals surface area contributed by atoms with Gasteiger partial charge in [-0.25, -0.2) is 0 Å². The number of hydrogen-bond donors (Lipinski definition) is 9. The third kappa shape index (κ3) is 6.98. The Kier molecular flexibility index (Phi) is 10.8. The van der Waals surface area contributed by atoms with E-state index in [1.54, 1.807) is 17.2 Å². The second-order valence-electron chi connectivity index (χ2n) is 13.3. The molecule has 272 valence electrons. The van der Waals surface area contributed by atoms with Crippen LogP contribution in [0.4, 0.5) is 0 Å². The first-order valence-electron chi connectivity index (χ1n) is 16.7. The zero-order valence-electron chi connectivity index (χ0n) is 27.5. The van der Waals surface area contributed by atoms with Crippen molar-refractivity contribution in [1.82, 2.24) is 9.88 Å². The summed E-state index contributed by atoms with van der Waals surface area (Å²) in [5.41, 5.74) is 8.93. The minimum absolute atomic E-state index is 0.00639. The van der Waals surface area contributed by atoms with Gasteiger partial charge >= 0.3 is 0 Å². The number of hydrogen-bond acceptors (Lipinski definition) is 13. The summed E-state index contributed by atoms with van der Waals surface area (Å²) in [4.78, 5) is 30.7. The Morgan fingerprint density at radius 2 is 1.33 bits per heavy atom. The number of ether oxygens (including phenoxy) is 2. The molecule has 2 aromatic rings. The smallest absolute Gasteiger partial charge is 0.223 e. The lowest BCUT2D eigenvalue weighted by molar-refractivity contribution is -0.214. The Labute approximate surface area is 293 Å². The van der Waals surface area contributed by atoms with Crippen LogP contribution in [0.5, 0.6) is 0 Å². The molecule has 10 N–H and O–H groups in total. The van der Waals surface area contributed by atoms with Gasteiger partial charge in [-0.15, -0.1) is 0 Å². The second-order valence-corrected chi connectivity index (χ2v) is 13.3. The first-order valence-corrected chi connectivity index (χ1v) is 16.7. The van der Waals surface area contributed by atoms with E-state index in [2.05, 4.69) is 23.7 Å². The summed E-state index contributed by atoms with van der Waals surface area (Å²) in [5, 5.41) is 80.7. The van der Waals surface area contributed by atoms with Crippen molar-refractivity contribution in [2.24, 2.45) is 5.73 Å². The molecule has 1 spiro atoms. The van der Waals surface area contributed by atoms with E-state index >= 15 is 0 Å². The molecule has 2 amide bonds. The van der Waals surface area contributed by atoms with Crippen LogP contribution in [-0.4, -0.2) is 150 Å². The van der Waals surface area contributed by atoms with Gasteiger partial charge in [-0.1, -0.05) is 29.7 Å². The highest BCUT2D eigenvalue weighted by molar-refractivity contribution is 5.84. The molecule has 4 aliphatic rings. The van der Waals surface area contributed by atoms with E-state index in [9.17, 15) is 50.4 Å². The van der Waals surface area contributed by atoms with Gasteiger partial charge in [0.2, 0.25) is 11.8 Å². The average molecular weight is 708 g/mol. The number of rotatable bonds is 5. The van der Waals surface area contributed by atoms with Gasteiger partial charge in [-0.2, -0.15) is 0 Å². The van der Waals surface area contributed by atoms with Crippen molar-refractivity contribution in [3.63, 3.8) is 0 Å². The van der Waals surface area contributed by atoms with Crippen molar-refractivity contribution < 1.29 is 59.9 Å². The molecule has 4 heterocycles. The monoisotopic (exact) mass is 707 g/mol. The molecular formula is C36H41N3O12. The average Bonchev–Trinajstić information content (AvgIpc) is 3.39. The lowest BCUT2D eigenvalue weighted by Crippen LogP contribution is -2.58. The van der Waals surface area contributed by atoms with Crippen LogP contribution in [0.15, 0.2) is 30.5 Å². The maximum Gasteiger partial charge on any atom is 0.223 e. The zero-order chi connectivity index (χ0) is 36.6. The number of amides is 2. The van der Waals surface area contributed by atoms with Crippen LogP contribution in [0.1, 0.15) is 47.9 Å². The molecule has 1 aliphatic carbocycles. The Balaban J connectivity index is 1.33. The number of fused-ring (bicyclic) bond motifs is 5. The molecule has 15 nitrogen and oxygen atoms in total. The van der Waals surface area contributed by atoms with E-state index in [-0.39, 0.29) is 18.7 Å². The fourth-order valence-electron chi connectivity index (χ4n) is 7.30. The van der Waals surface area contributed by atoms with Gasteiger partial charge in [0.25, 0.3) is 0 Å². The molecule has 3 fully saturated rings. The number of aliphatic hydroxyl groups is 8. The van der Waals surface area contributed by atoms with Gasteiger partial charge < -0.3 is 61.0 Å². The molecular weight excluding hydrogens is 666 g/mol. The number of pyridine rings is 1. The number of piperidine rings is 1. The number of aliphatic hydroxyl groups excluding tert-OH is 8. The molecule has 51 heavy (non-hydrogen) atoms.